The van der Waals surface area contributed by atoms with Crippen molar-refractivity contribution >= 4 is 5.20 Å². The van der Waals surface area contributed by atoms with Crippen LogP contribution in [-0.2, 0) is 20.9 Å². The van der Waals surface area contributed by atoms with Gasteiger partial charge in [-0.05, 0) is 0 Å². The van der Waals surface area contributed by atoms with Crippen LogP contribution >= 0.6 is 0 Å². The van der Waals surface area contributed by atoms with Crippen molar-refractivity contribution in [3.8, 4) is 0 Å². The van der Waals surface area contributed by atoms with Crippen LogP contribution in [0, 0.1) is 0 Å². The zero-order valence-corrected chi connectivity index (χ0v) is 13.3. The smallest absolute Gasteiger partial charge is 1.00 e. The van der Waals surface area contributed by atoms with Gasteiger partial charge in [-0.1, -0.05) is 0 Å². The molecule has 0 aliphatic heterocycles. The van der Waals surface area contributed by atoms with Crippen LogP contribution in [0.4, 0.5) is 0 Å². The molecule has 0 fully saturated rings. The quantitative estimate of drug-likeness (QED) is 0.679. The molecule has 0 bridgehead atoms. The third-order valence-corrected chi connectivity index (χ3v) is 24.3. The Balaban J connectivity index is 0.00000128. The average Bonchev–Trinajstić information content (AvgIpc) is 2.73. The molecule has 0 saturated carbocycles. The predicted octanol–water partition coefficient (Wildman–Crippen LogP) is 4.35. The van der Waals surface area contributed by atoms with Gasteiger partial charge in [0, 0.05) is 0 Å². The van der Waals surface area contributed by atoms with Gasteiger partial charge in [0.05, 0.1) is 0 Å². The summed E-state index contributed by atoms with van der Waals surface area (Å²) in [5.74, 6) is 0. The minimum Gasteiger partial charge on any atom is -1.00 e. The van der Waals surface area contributed by atoms with Crippen molar-refractivity contribution in [1.29, 1.82) is 0 Å². The minimum atomic E-state index is -1.43. The SMILES string of the molecule is C[Si](C)(C)[Zr+2]([C]1=CC=CC1)[C]1=CC=CC1.[H-].[H-]. The van der Waals surface area contributed by atoms with Crippen molar-refractivity contribution in [2.45, 2.75) is 32.5 Å². The largest absolute Gasteiger partial charge is 1.00 e. The summed E-state index contributed by atoms with van der Waals surface area (Å²) >= 11 is -1.43. The van der Waals surface area contributed by atoms with Gasteiger partial charge in [-0.3, -0.25) is 0 Å². The fourth-order valence-corrected chi connectivity index (χ4v) is 24.7. The monoisotopic (exact) mass is 295 g/mol. The molecule has 2 rings (SSSR count). The summed E-state index contributed by atoms with van der Waals surface area (Å²) in [6.07, 6.45) is 16.6. The van der Waals surface area contributed by atoms with Gasteiger partial charge >= 0.3 is 102 Å². The molecule has 0 aromatic heterocycles. The molecule has 0 unspecified atom stereocenters. The zero-order valence-electron chi connectivity index (χ0n) is 11.9. The van der Waals surface area contributed by atoms with E-state index in [1.54, 1.807) is 0 Å². The molecule has 0 saturated heterocycles. The van der Waals surface area contributed by atoms with Crippen molar-refractivity contribution in [3.63, 3.8) is 0 Å². The molecule has 0 N–H and O–H groups in total. The minimum absolute atomic E-state index is 0. The van der Waals surface area contributed by atoms with Crippen LogP contribution in [0.1, 0.15) is 15.7 Å². The van der Waals surface area contributed by atoms with E-state index in [1.165, 1.54) is 12.8 Å². The first-order chi connectivity index (χ1) is 7.09. The first-order valence-corrected chi connectivity index (χ1v) is 15.3. The molecular weight excluding hydrogens is 275 g/mol. The standard InChI is InChI=1S/2C5H5.C3H9Si.Zr.2H/c2*1-2-4-5-3-1;1-4(2)3;;;/h2*1-3H,4H2;1-3H3;;;/q;;;+2;2*-1. The van der Waals surface area contributed by atoms with Gasteiger partial charge in [-0.15, -0.1) is 0 Å². The molecule has 81 valence electrons. The normalized spacial score (nSPS) is 19.4. The van der Waals surface area contributed by atoms with Crippen LogP contribution < -0.4 is 0 Å². The van der Waals surface area contributed by atoms with Crippen molar-refractivity contribution in [3.05, 3.63) is 43.0 Å². The van der Waals surface area contributed by atoms with Crippen LogP contribution in [0.15, 0.2) is 43.0 Å². The first-order valence-electron chi connectivity index (χ1n) is 5.68. The molecule has 2 aliphatic carbocycles. The summed E-state index contributed by atoms with van der Waals surface area (Å²) in [5, 5.41) is -0.937. The summed E-state index contributed by atoms with van der Waals surface area (Å²) in [5.41, 5.74) is 0. The molecular formula is C13H21SiZr. The summed E-state index contributed by atoms with van der Waals surface area (Å²) in [4.78, 5) is 0. The molecule has 0 heterocycles. The van der Waals surface area contributed by atoms with E-state index in [4.69, 9.17) is 0 Å². The van der Waals surface area contributed by atoms with Gasteiger partial charge in [0.15, 0.2) is 0 Å². The van der Waals surface area contributed by atoms with Crippen LogP contribution in [0.5, 0.6) is 0 Å². The van der Waals surface area contributed by atoms with E-state index in [9.17, 15) is 0 Å². The average molecular weight is 297 g/mol. The Bertz CT molecular complexity index is 345. The van der Waals surface area contributed by atoms with Gasteiger partial charge in [0.25, 0.3) is 0 Å². The van der Waals surface area contributed by atoms with Crippen molar-refractivity contribution < 1.29 is 23.8 Å². The van der Waals surface area contributed by atoms with E-state index in [0.717, 1.165) is 0 Å². The molecule has 15 heavy (non-hydrogen) atoms. The number of hydrogen-bond acceptors (Lipinski definition) is 0. The number of hydrogen-bond donors (Lipinski definition) is 0. The molecule has 0 spiro atoms. The second-order valence-electron chi connectivity index (χ2n) is 5.27. The van der Waals surface area contributed by atoms with Crippen LogP contribution in [-0.4, -0.2) is 5.20 Å². The van der Waals surface area contributed by atoms with Gasteiger partial charge < -0.3 is 2.85 Å². The Hall–Kier alpha value is 0.0600. The second-order valence-corrected chi connectivity index (χ2v) is 28.8. The molecule has 0 aromatic rings. The van der Waals surface area contributed by atoms with E-state index in [-0.39, 0.29) is 2.85 Å². The van der Waals surface area contributed by atoms with Crippen LogP contribution in [0.3, 0.4) is 0 Å². The third kappa shape index (κ3) is 2.60. The summed E-state index contributed by atoms with van der Waals surface area (Å²) in [7, 11) is 0. The van der Waals surface area contributed by atoms with Gasteiger partial charge in [-0.2, -0.15) is 0 Å². The van der Waals surface area contributed by atoms with E-state index >= 15 is 0 Å². The molecule has 0 amide bonds. The molecule has 0 atom stereocenters. The molecule has 0 nitrogen and oxygen atoms in total. The van der Waals surface area contributed by atoms with Gasteiger partial charge in [0.1, 0.15) is 0 Å². The maximum atomic E-state index is 2.57. The summed E-state index contributed by atoms with van der Waals surface area (Å²) in [6.45, 7) is 7.71. The van der Waals surface area contributed by atoms with Crippen molar-refractivity contribution in [1.82, 2.24) is 0 Å². The maximum absolute atomic E-state index is 2.57. The first kappa shape index (κ1) is 11.5. The Morgan fingerprint density at radius 1 is 1.00 bits per heavy atom. The van der Waals surface area contributed by atoms with Gasteiger partial charge in [-0.25, -0.2) is 0 Å². The van der Waals surface area contributed by atoms with E-state index in [1.807, 2.05) is 6.56 Å². The summed E-state index contributed by atoms with van der Waals surface area (Å²) < 4.78 is 3.68. The van der Waals surface area contributed by atoms with Crippen molar-refractivity contribution in [2.24, 2.45) is 0 Å². The molecule has 0 aromatic carbocycles. The van der Waals surface area contributed by atoms with E-state index < -0.39 is 26.1 Å². The van der Waals surface area contributed by atoms with Gasteiger partial charge in [0.2, 0.25) is 0 Å². The Morgan fingerprint density at radius 3 is 1.73 bits per heavy atom. The Kier molecular flexibility index (Phi) is 3.47. The third-order valence-electron chi connectivity index (χ3n) is 2.93. The maximum Gasteiger partial charge on any atom is -1.00 e. The zero-order chi connectivity index (χ0) is 10.9. The van der Waals surface area contributed by atoms with Crippen molar-refractivity contribution in [2.75, 3.05) is 0 Å². The van der Waals surface area contributed by atoms with Crippen LogP contribution in [0.2, 0.25) is 19.6 Å². The Morgan fingerprint density at radius 2 is 1.47 bits per heavy atom. The van der Waals surface area contributed by atoms with Crippen LogP contribution in [0.25, 0.3) is 0 Å². The molecule has 0 radical (unpaired) electrons. The van der Waals surface area contributed by atoms with E-state index in [2.05, 4.69) is 56.1 Å². The summed E-state index contributed by atoms with van der Waals surface area (Å²) in [6, 6.07) is 0. The predicted molar refractivity (Wildman–Crippen MR) is 69.3 cm³/mol. The fourth-order valence-electron chi connectivity index (χ4n) is 2.43. The molecule has 2 heteroatoms. The molecule has 2 aliphatic rings. The topological polar surface area (TPSA) is 0 Å². The second kappa shape index (κ2) is 4.51. The number of rotatable bonds is 3. The fraction of sp³-hybridized carbons (Fsp3) is 0.385. The number of allylic oxidation sites excluding steroid dienone is 8. The Labute approximate surface area is 104 Å². The van der Waals surface area contributed by atoms with E-state index in [0.29, 0.717) is 0 Å².